The maximum Gasteiger partial charge on any atom is 0.193 e. The molecule has 0 radical (unpaired) electrons. The number of fused-ring (bicyclic) bond motifs is 2. The number of halogens is 1. The Balaban J connectivity index is 1.21. The second-order valence-electron chi connectivity index (χ2n) is 9.41. The van der Waals surface area contributed by atoms with E-state index in [1.54, 1.807) is 6.26 Å². The third-order valence-electron chi connectivity index (χ3n) is 7.15. The van der Waals surface area contributed by atoms with Crippen molar-refractivity contribution in [2.24, 2.45) is 0 Å². The standard InChI is InChI=1S/C26H27ClN2O5S/c1-35(31)17-8-6-15(7-9-17)14-2-4-16(5-3-14)24-18(27)10-19-20(29-24)11-23(28-19)34-22-13-33-25-21(30)12-32-26(22)25/h2-6,10-11,17,21-22,25-26,28,30H,7-9,12-13H2,1H3. The molecule has 2 aromatic heterocycles. The molecule has 35 heavy (non-hydrogen) atoms. The minimum absolute atomic E-state index is 0.263. The second kappa shape index (κ2) is 9.33. The molecule has 0 saturated carbocycles. The van der Waals surface area contributed by atoms with Gasteiger partial charge in [-0.15, -0.1) is 0 Å². The van der Waals surface area contributed by atoms with E-state index in [1.165, 1.54) is 11.1 Å². The number of hydrogen-bond acceptors (Lipinski definition) is 6. The van der Waals surface area contributed by atoms with Crippen molar-refractivity contribution in [2.45, 2.75) is 48.9 Å². The normalized spacial score (nSPS) is 29.2. The predicted octanol–water partition coefficient (Wildman–Crippen LogP) is 4.10. The first-order valence-corrected chi connectivity index (χ1v) is 13.9. The van der Waals surface area contributed by atoms with Crippen LogP contribution in [-0.2, 0) is 20.3 Å². The van der Waals surface area contributed by atoms with Crippen molar-refractivity contribution in [3.63, 3.8) is 0 Å². The molecule has 4 heterocycles. The molecule has 2 saturated heterocycles. The minimum Gasteiger partial charge on any atom is -0.470 e. The van der Waals surface area contributed by atoms with E-state index in [-0.39, 0.29) is 30.2 Å². The molecule has 3 aromatic rings. The zero-order chi connectivity index (χ0) is 24.1. The zero-order valence-corrected chi connectivity index (χ0v) is 20.8. The van der Waals surface area contributed by atoms with Gasteiger partial charge in [0.1, 0.15) is 18.3 Å². The summed E-state index contributed by atoms with van der Waals surface area (Å²) in [6, 6.07) is 12.0. The van der Waals surface area contributed by atoms with E-state index in [4.69, 9.17) is 30.8 Å². The van der Waals surface area contributed by atoms with Crippen LogP contribution in [0.25, 0.3) is 27.9 Å². The van der Waals surface area contributed by atoms with Gasteiger partial charge in [0.2, 0.25) is 0 Å². The number of rotatable bonds is 5. The summed E-state index contributed by atoms with van der Waals surface area (Å²) in [5.74, 6) is 0.561. The number of aromatic amines is 1. The van der Waals surface area contributed by atoms with Gasteiger partial charge in [0.25, 0.3) is 0 Å². The summed E-state index contributed by atoms with van der Waals surface area (Å²) in [4.78, 5) is 8.02. The highest BCUT2D eigenvalue weighted by Gasteiger charge is 2.48. The topological polar surface area (TPSA) is 93.7 Å². The van der Waals surface area contributed by atoms with Gasteiger partial charge >= 0.3 is 0 Å². The van der Waals surface area contributed by atoms with Gasteiger partial charge in [-0.3, -0.25) is 4.21 Å². The Morgan fingerprint density at radius 3 is 2.66 bits per heavy atom. The van der Waals surface area contributed by atoms with Crippen molar-refractivity contribution in [2.75, 3.05) is 19.5 Å². The molecule has 0 spiro atoms. The number of H-pyrrole nitrogens is 1. The lowest BCUT2D eigenvalue weighted by Crippen LogP contribution is -2.34. The number of ether oxygens (including phenoxy) is 3. The van der Waals surface area contributed by atoms with Gasteiger partial charge in [0, 0.05) is 33.9 Å². The Kier molecular flexibility index (Phi) is 6.18. The van der Waals surface area contributed by atoms with Crippen molar-refractivity contribution in [3.05, 3.63) is 53.1 Å². The molecule has 6 atom stereocenters. The second-order valence-corrected chi connectivity index (χ2v) is 11.5. The lowest BCUT2D eigenvalue weighted by Gasteiger charge is -2.20. The third-order valence-corrected chi connectivity index (χ3v) is 8.81. The number of aliphatic hydroxyl groups excluding tert-OH is 1. The zero-order valence-electron chi connectivity index (χ0n) is 19.3. The largest absolute Gasteiger partial charge is 0.470 e. The fraction of sp³-hybridized carbons (Fsp3) is 0.423. The van der Waals surface area contributed by atoms with Crippen LogP contribution in [0.15, 0.2) is 42.5 Å². The first-order chi connectivity index (χ1) is 17.0. The quantitative estimate of drug-likeness (QED) is 0.532. The van der Waals surface area contributed by atoms with E-state index in [0.29, 0.717) is 23.2 Å². The van der Waals surface area contributed by atoms with Crippen molar-refractivity contribution in [1.82, 2.24) is 9.97 Å². The molecule has 1 aromatic carbocycles. The van der Waals surface area contributed by atoms with Crippen molar-refractivity contribution < 1.29 is 23.5 Å². The SMILES string of the molecule is CS(=O)C1CC=C(c2ccc(-c3nc4cc(OC5COC6C(O)COC56)[nH]c4cc3Cl)cc2)CC1. The molecule has 1 aliphatic carbocycles. The van der Waals surface area contributed by atoms with E-state index in [9.17, 15) is 9.32 Å². The summed E-state index contributed by atoms with van der Waals surface area (Å²) in [5.41, 5.74) is 5.66. The van der Waals surface area contributed by atoms with Crippen molar-refractivity contribution in [3.8, 4) is 17.1 Å². The van der Waals surface area contributed by atoms with Crippen molar-refractivity contribution in [1.29, 1.82) is 0 Å². The molecule has 9 heteroatoms. The van der Waals surface area contributed by atoms with E-state index >= 15 is 0 Å². The molecule has 0 bridgehead atoms. The fourth-order valence-electron chi connectivity index (χ4n) is 5.20. The maximum absolute atomic E-state index is 11.7. The number of allylic oxidation sites excluding steroid dienone is 2. The minimum atomic E-state index is -0.771. The molecule has 6 rings (SSSR count). The van der Waals surface area contributed by atoms with Crippen LogP contribution in [0.1, 0.15) is 24.8 Å². The lowest BCUT2D eigenvalue weighted by atomic mass is 9.92. The smallest absolute Gasteiger partial charge is 0.193 e. The molecule has 2 fully saturated rings. The van der Waals surface area contributed by atoms with Gasteiger partial charge in [-0.1, -0.05) is 41.9 Å². The van der Waals surface area contributed by atoms with Gasteiger partial charge < -0.3 is 24.3 Å². The van der Waals surface area contributed by atoms with Crippen LogP contribution in [0, 0.1) is 0 Å². The molecular weight excluding hydrogens is 488 g/mol. The first-order valence-electron chi connectivity index (χ1n) is 11.9. The Labute approximate surface area is 210 Å². The number of pyridine rings is 1. The van der Waals surface area contributed by atoms with Gasteiger partial charge in [0.05, 0.1) is 35.0 Å². The number of benzene rings is 1. The van der Waals surface area contributed by atoms with Gasteiger partial charge in [-0.2, -0.15) is 0 Å². The van der Waals surface area contributed by atoms with Crippen LogP contribution in [0.4, 0.5) is 0 Å². The summed E-state index contributed by atoms with van der Waals surface area (Å²) in [5, 5.41) is 10.8. The molecule has 0 amide bonds. The fourth-order valence-corrected chi connectivity index (χ4v) is 6.27. The molecule has 184 valence electrons. The van der Waals surface area contributed by atoms with E-state index in [1.807, 2.05) is 24.3 Å². The highest BCUT2D eigenvalue weighted by atomic mass is 35.5. The maximum atomic E-state index is 11.7. The van der Waals surface area contributed by atoms with Crippen LogP contribution in [-0.4, -0.2) is 68.4 Å². The lowest BCUT2D eigenvalue weighted by molar-refractivity contribution is 0.00794. The first kappa shape index (κ1) is 23.2. The van der Waals surface area contributed by atoms with Crippen LogP contribution in [0.2, 0.25) is 5.02 Å². The van der Waals surface area contributed by atoms with Crippen molar-refractivity contribution >= 4 is 39.0 Å². The molecule has 2 aliphatic heterocycles. The highest BCUT2D eigenvalue weighted by Crippen LogP contribution is 2.35. The molecular formula is C26H27ClN2O5S. The molecule has 6 unspecified atom stereocenters. The van der Waals surface area contributed by atoms with E-state index < -0.39 is 16.9 Å². The number of hydrogen-bond donors (Lipinski definition) is 2. The molecule has 3 aliphatic rings. The number of aromatic nitrogens is 2. The summed E-state index contributed by atoms with van der Waals surface area (Å²) in [7, 11) is -0.771. The van der Waals surface area contributed by atoms with Crippen LogP contribution in [0.3, 0.4) is 0 Å². The Hall–Kier alpha value is -2.23. The van der Waals surface area contributed by atoms with E-state index in [2.05, 4.69) is 23.2 Å². The van der Waals surface area contributed by atoms with Gasteiger partial charge in [0.15, 0.2) is 12.0 Å². The van der Waals surface area contributed by atoms with Crippen LogP contribution < -0.4 is 4.74 Å². The van der Waals surface area contributed by atoms with Crippen LogP contribution in [0.5, 0.6) is 5.88 Å². The van der Waals surface area contributed by atoms with E-state index in [0.717, 1.165) is 35.9 Å². The number of nitrogens with zero attached hydrogens (tertiary/aromatic N) is 1. The number of nitrogens with one attached hydrogen (secondary N) is 1. The summed E-state index contributed by atoms with van der Waals surface area (Å²) in [6.07, 6.45) is 5.25. The Bertz CT molecular complexity index is 1310. The average molecular weight is 515 g/mol. The highest BCUT2D eigenvalue weighted by molar-refractivity contribution is 7.84. The Morgan fingerprint density at radius 1 is 1.14 bits per heavy atom. The molecule has 2 N–H and O–H groups in total. The third kappa shape index (κ3) is 4.42. The summed E-state index contributed by atoms with van der Waals surface area (Å²) in [6.45, 7) is 0.625. The average Bonchev–Trinajstić information content (AvgIpc) is 3.55. The summed E-state index contributed by atoms with van der Waals surface area (Å²) < 4.78 is 29.1. The number of aliphatic hydroxyl groups is 1. The van der Waals surface area contributed by atoms with Gasteiger partial charge in [-0.05, 0) is 36.5 Å². The Morgan fingerprint density at radius 2 is 1.91 bits per heavy atom. The summed E-state index contributed by atoms with van der Waals surface area (Å²) >= 11 is 6.61. The monoisotopic (exact) mass is 514 g/mol. The predicted molar refractivity (Wildman–Crippen MR) is 136 cm³/mol. The molecule has 7 nitrogen and oxygen atoms in total. The van der Waals surface area contributed by atoms with Gasteiger partial charge in [-0.25, -0.2) is 4.98 Å². The van der Waals surface area contributed by atoms with Crippen LogP contribution >= 0.6 is 11.6 Å².